The average molecular weight is 316 g/mol. The fraction of sp³-hybridized carbons (Fsp3) is 0.769. The minimum absolute atomic E-state index is 0. The van der Waals surface area contributed by atoms with E-state index in [-0.39, 0.29) is 35.5 Å². The Balaban J connectivity index is 0.00000161. The lowest BCUT2D eigenvalue weighted by Crippen LogP contribution is -2.51. The van der Waals surface area contributed by atoms with Crippen molar-refractivity contribution in [1.82, 2.24) is 25.4 Å². The standard InChI is InChI=1S/C13H21N5O2.ClH/c1-9(11-15-12(20)17-16-11)18-8-13(3-2-10(18)19)4-6-14-7-5-13;/h9,14H,2-8H2,1H3,(H2,15,16,17,20);1H. The molecule has 2 saturated heterocycles. The van der Waals surface area contributed by atoms with Crippen molar-refractivity contribution in [3.8, 4) is 0 Å². The Morgan fingerprint density at radius 2 is 1.95 bits per heavy atom. The third kappa shape index (κ3) is 3.13. The molecule has 1 aromatic heterocycles. The molecule has 7 nitrogen and oxygen atoms in total. The number of aromatic amines is 2. The molecule has 1 amide bonds. The second-order valence-electron chi connectivity index (χ2n) is 6.01. The SMILES string of the molecule is CC(c1n[nH]c(=O)[nH]1)N1CC2(CCNCC2)CCC1=O.Cl. The smallest absolute Gasteiger partial charge is 0.332 e. The van der Waals surface area contributed by atoms with Gasteiger partial charge in [0.1, 0.15) is 0 Å². The lowest BCUT2D eigenvalue weighted by molar-refractivity contribution is -0.141. The summed E-state index contributed by atoms with van der Waals surface area (Å²) in [6, 6.07) is -0.187. The summed E-state index contributed by atoms with van der Waals surface area (Å²) in [5.74, 6) is 0.694. The molecule has 3 heterocycles. The van der Waals surface area contributed by atoms with Crippen LogP contribution in [-0.2, 0) is 4.79 Å². The molecule has 0 radical (unpaired) electrons. The van der Waals surface area contributed by atoms with Crippen LogP contribution in [0, 0.1) is 5.41 Å². The first kappa shape index (κ1) is 16.0. The van der Waals surface area contributed by atoms with Crippen molar-refractivity contribution in [2.75, 3.05) is 19.6 Å². The van der Waals surface area contributed by atoms with Crippen LogP contribution >= 0.6 is 12.4 Å². The summed E-state index contributed by atoms with van der Waals surface area (Å²) in [5, 5.41) is 9.70. The van der Waals surface area contributed by atoms with Crippen LogP contribution in [0.4, 0.5) is 0 Å². The summed E-state index contributed by atoms with van der Waals surface area (Å²) in [7, 11) is 0. The first-order chi connectivity index (χ1) is 9.60. The van der Waals surface area contributed by atoms with Crippen LogP contribution in [0.15, 0.2) is 4.79 Å². The number of H-pyrrole nitrogens is 2. The molecule has 1 spiro atoms. The summed E-state index contributed by atoms with van der Waals surface area (Å²) in [6.07, 6.45) is 3.80. The van der Waals surface area contributed by atoms with E-state index in [0.717, 1.165) is 38.9 Å². The van der Waals surface area contributed by atoms with Crippen LogP contribution in [0.5, 0.6) is 0 Å². The maximum Gasteiger partial charge on any atom is 0.340 e. The third-order valence-corrected chi connectivity index (χ3v) is 4.74. The van der Waals surface area contributed by atoms with Gasteiger partial charge in [0, 0.05) is 13.0 Å². The Kier molecular flexibility index (Phi) is 4.73. The lowest BCUT2D eigenvalue weighted by atomic mass is 9.72. The number of rotatable bonds is 2. The Bertz CT molecular complexity index is 549. The molecule has 2 fully saturated rings. The molecule has 1 atom stereocenters. The van der Waals surface area contributed by atoms with Crippen LogP contribution in [0.2, 0.25) is 0 Å². The van der Waals surface area contributed by atoms with Crippen molar-refractivity contribution in [3.05, 3.63) is 16.3 Å². The number of carbonyl (C=O) groups is 1. The molecule has 1 unspecified atom stereocenters. The normalized spacial score (nSPS) is 22.9. The van der Waals surface area contributed by atoms with Gasteiger partial charge in [0.25, 0.3) is 0 Å². The van der Waals surface area contributed by atoms with Crippen LogP contribution in [-0.4, -0.2) is 45.6 Å². The van der Waals surface area contributed by atoms with E-state index in [1.54, 1.807) is 0 Å². The highest BCUT2D eigenvalue weighted by Crippen LogP contribution is 2.40. The van der Waals surface area contributed by atoms with Crippen LogP contribution in [0.3, 0.4) is 0 Å². The zero-order valence-electron chi connectivity index (χ0n) is 12.1. The maximum absolute atomic E-state index is 12.2. The summed E-state index contributed by atoms with van der Waals surface area (Å²) in [4.78, 5) is 27.9. The number of hydrogen-bond donors (Lipinski definition) is 3. The molecule has 2 aliphatic rings. The average Bonchev–Trinajstić information content (AvgIpc) is 2.89. The number of aromatic nitrogens is 3. The lowest BCUT2D eigenvalue weighted by Gasteiger charge is -2.46. The number of nitrogens with one attached hydrogen (secondary N) is 3. The molecule has 8 heteroatoms. The molecule has 21 heavy (non-hydrogen) atoms. The Morgan fingerprint density at radius 1 is 1.24 bits per heavy atom. The Morgan fingerprint density at radius 3 is 2.57 bits per heavy atom. The number of piperidine rings is 2. The number of halogens is 1. The summed E-state index contributed by atoms with van der Waals surface area (Å²) in [5.41, 5.74) is -0.0859. The fourth-order valence-corrected chi connectivity index (χ4v) is 3.39. The van der Waals surface area contributed by atoms with E-state index >= 15 is 0 Å². The first-order valence-electron chi connectivity index (χ1n) is 7.24. The molecule has 118 valence electrons. The highest BCUT2D eigenvalue weighted by Gasteiger charge is 2.41. The molecular weight excluding hydrogens is 294 g/mol. The number of hydrogen-bond acceptors (Lipinski definition) is 4. The van der Waals surface area contributed by atoms with Gasteiger partial charge in [-0.2, -0.15) is 5.10 Å². The van der Waals surface area contributed by atoms with Gasteiger partial charge in [-0.3, -0.25) is 9.78 Å². The number of carbonyl (C=O) groups excluding carboxylic acids is 1. The van der Waals surface area contributed by atoms with E-state index in [2.05, 4.69) is 20.5 Å². The van der Waals surface area contributed by atoms with Gasteiger partial charge in [0.15, 0.2) is 5.82 Å². The summed E-state index contributed by atoms with van der Waals surface area (Å²) < 4.78 is 0. The minimum Gasteiger partial charge on any atom is -0.332 e. The van der Waals surface area contributed by atoms with E-state index in [9.17, 15) is 9.59 Å². The van der Waals surface area contributed by atoms with Crippen LogP contribution < -0.4 is 11.0 Å². The van der Waals surface area contributed by atoms with E-state index in [1.807, 2.05) is 11.8 Å². The van der Waals surface area contributed by atoms with E-state index in [4.69, 9.17) is 0 Å². The fourth-order valence-electron chi connectivity index (χ4n) is 3.39. The zero-order chi connectivity index (χ0) is 14.2. The van der Waals surface area contributed by atoms with Gasteiger partial charge in [-0.05, 0) is 44.7 Å². The highest BCUT2D eigenvalue weighted by molar-refractivity contribution is 5.85. The molecule has 3 rings (SSSR count). The van der Waals surface area contributed by atoms with Crippen molar-refractivity contribution in [3.63, 3.8) is 0 Å². The Labute approximate surface area is 129 Å². The van der Waals surface area contributed by atoms with Gasteiger partial charge >= 0.3 is 5.69 Å². The molecule has 0 saturated carbocycles. The van der Waals surface area contributed by atoms with E-state index in [1.165, 1.54) is 0 Å². The Hall–Kier alpha value is -1.34. The van der Waals surface area contributed by atoms with E-state index < -0.39 is 0 Å². The largest absolute Gasteiger partial charge is 0.340 e. The van der Waals surface area contributed by atoms with Crippen molar-refractivity contribution in [1.29, 1.82) is 0 Å². The van der Waals surface area contributed by atoms with Gasteiger partial charge in [-0.15, -0.1) is 12.4 Å². The van der Waals surface area contributed by atoms with Gasteiger partial charge in [-0.1, -0.05) is 0 Å². The van der Waals surface area contributed by atoms with Crippen LogP contribution in [0.1, 0.15) is 44.5 Å². The highest BCUT2D eigenvalue weighted by atomic mass is 35.5. The molecule has 0 bridgehead atoms. The molecule has 3 N–H and O–H groups in total. The van der Waals surface area contributed by atoms with Crippen molar-refractivity contribution >= 4 is 18.3 Å². The predicted octanol–water partition coefficient (Wildman–Crippen LogP) is 0.573. The van der Waals surface area contributed by atoms with Gasteiger partial charge < -0.3 is 10.2 Å². The third-order valence-electron chi connectivity index (χ3n) is 4.74. The second kappa shape index (κ2) is 6.19. The number of likely N-dealkylation sites (tertiary alicyclic amines) is 1. The molecule has 0 aromatic carbocycles. The van der Waals surface area contributed by atoms with E-state index in [0.29, 0.717) is 12.2 Å². The van der Waals surface area contributed by atoms with Crippen molar-refractivity contribution < 1.29 is 4.79 Å². The predicted molar refractivity (Wildman–Crippen MR) is 80.4 cm³/mol. The quantitative estimate of drug-likeness (QED) is 0.744. The summed E-state index contributed by atoms with van der Waals surface area (Å²) >= 11 is 0. The maximum atomic E-state index is 12.2. The monoisotopic (exact) mass is 315 g/mol. The summed E-state index contributed by atoms with van der Waals surface area (Å²) in [6.45, 7) is 4.74. The molecule has 0 aliphatic carbocycles. The minimum atomic E-state index is -0.326. The van der Waals surface area contributed by atoms with Crippen molar-refractivity contribution in [2.45, 2.75) is 38.6 Å². The number of amides is 1. The van der Waals surface area contributed by atoms with Gasteiger partial charge in [0.2, 0.25) is 5.91 Å². The van der Waals surface area contributed by atoms with Gasteiger partial charge in [-0.25, -0.2) is 9.89 Å². The number of nitrogens with zero attached hydrogens (tertiary/aromatic N) is 2. The van der Waals surface area contributed by atoms with Gasteiger partial charge in [0.05, 0.1) is 6.04 Å². The topological polar surface area (TPSA) is 93.9 Å². The molecule has 1 aromatic rings. The molecule has 2 aliphatic heterocycles. The zero-order valence-corrected chi connectivity index (χ0v) is 13.0. The first-order valence-corrected chi connectivity index (χ1v) is 7.24. The van der Waals surface area contributed by atoms with Crippen molar-refractivity contribution in [2.24, 2.45) is 5.41 Å². The van der Waals surface area contributed by atoms with Crippen LogP contribution in [0.25, 0.3) is 0 Å². The second-order valence-corrected chi connectivity index (χ2v) is 6.01. The molecular formula is C13H22ClN5O2.